The molecule has 0 aliphatic rings. The summed E-state index contributed by atoms with van der Waals surface area (Å²) in [5.41, 5.74) is -1.21. The molecule has 1 aromatic heterocycles. The Hall–Kier alpha value is -2.84. The zero-order chi connectivity index (χ0) is 18.1. The predicted molar refractivity (Wildman–Crippen MR) is 78.7 cm³/mol. The van der Waals surface area contributed by atoms with Crippen LogP contribution in [0.5, 0.6) is 0 Å². The van der Waals surface area contributed by atoms with Crippen molar-refractivity contribution in [1.82, 2.24) is 9.78 Å². The lowest BCUT2D eigenvalue weighted by atomic mass is 10.1. The Morgan fingerprint density at radius 2 is 1.79 bits per heavy atom. The predicted octanol–water partition coefficient (Wildman–Crippen LogP) is 2.50. The van der Waals surface area contributed by atoms with Crippen molar-refractivity contribution < 1.29 is 27.5 Å². The van der Waals surface area contributed by atoms with Crippen molar-refractivity contribution in [1.29, 1.82) is 0 Å². The fourth-order valence-corrected chi connectivity index (χ4v) is 2.09. The Labute approximate surface area is 135 Å². The maximum atomic E-state index is 13.0. The number of hydrogen-bond donors (Lipinski definition) is 0. The molecule has 0 spiro atoms. The summed E-state index contributed by atoms with van der Waals surface area (Å²) in [5, 5.41) is 3.31. The molecule has 0 aliphatic carbocycles. The van der Waals surface area contributed by atoms with Gasteiger partial charge < -0.3 is 9.64 Å². The molecule has 0 fully saturated rings. The average Bonchev–Trinajstić information content (AvgIpc) is 2.95. The molecule has 2 rings (SSSR count). The first-order chi connectivity index (χ1) is 11.1. The van der Waals surface area contributed by atoms with Crippen molar-refractivity contribution in [2.45, 2.75) is 6.18 Å². The minimum atomic E-state index is -4.73. The second-order valence-corrected chi connectivity index (χ2v) is 4.97. The quantitative estimate of drug-likeness (QED) is 0.805. The first-order valence-electron chi connectivity index (χ1n) is 6.72. The van der Waals surface area contributed by atoms with E-state index in [-0.39, 0.29) is 5.56 Å². The molecule has 0 saturated heterocycles. The van der Waals surface area contributed by atoms with Gasteiger partial charge in [0, 0.05) is 26.0 Å². The molecule has 6 nitrogen and oxygen atoms in total. The van der Waals surface area contributed by atoms with Crippen LogP contribution in [0.2, 0.25) is 0 Å². The maximum Gasteiger partial charge on any atom is 0.435 e. The van der Waals surface area contributed by atoms with E-state index >= 15 is 0 Å². The minimum Gasteiger partial charge on any atom is -0.465 e. The van der Waals surface area contributed by atoms with E-state index in [9.17, 15) is 22.8 Å². The van der Waals surface area contributed by atoms with Gasteiger partial charge in [0.2, 0.25) is 0 Å². The third kappa shape index (κ3) is 3.39. The molecule has 0 unspecified atom stereocenters. The maximum absolute atomic E-state index is 13.0. The van der Waals surface area contributed by atoms with Crippen LogP contribution in [0.4, 0.5) is 18.9 Å². The summed E-state index contributed by atoms with van der Waals surface area (Å²) in [6.07, 6.45) is -3.72. The Balaban J connectivity index is 2.32. The van der Waals surface area contributed by atoms with Crippen LogP contribution >= 0.6 is 0 Å². The van der Waals surface area contributed by atoms with Crippen LogP contribution in [0.25, 0.3) is 0 Å². The first-order valence-corrected chi connectivity index (χ1v) is 6.72. The third-order valence-electron chi connectivity index (χ3n) is 3.31. The summed E-state index contributed by atoms with van der Waals surface area (Å²) in [5.74, 6) is -1.41. The molecular weight excluding hydrogens is 327 g/mol. The van der Waals surface area contributed by atoms with E-state index in [4.69, 9.17) is 0 Å². The molecule has 128 valence electrons. The number of methoxy groups -OCH3 is 1. The lowest BCUT2D eigenvalue weighted by Gasteiger charge is -2.18. The van der Waals surface area contributed by atoms with E-state index in [1.165, 1.54) is 45.5 Å². The highest BCUT2D eigenvalue weighted by Gasteiger charge is 2.39. The van der Waals surface area contributed by atoms with Crippen molar-refractivity contribution in [3.63, 3.8) is 0 Å². The molecule has 0 radical (unpaired) electrons. The molecule has 1 heterocycles. The van der Waals surface area contributed by atoms with Gasteiger partial charge in [-0.1, -0.05) is 0 Å². The molecule has 9 heteroatoms. The number of esters is 1. The van der Waals surface area contributed by atoms with Gasteiger partial charge in [-0.25, -0.2) is 4.79 Å². The summed E-state index contributed by atoms with van der Waals surface area (Å²) in [6, 6.07) is 5.71. The summed E-state index contributed by atoms with van der Waals surface area (Å²) < 4.78 is 44.4. The normalized spacial score (nSPS) is 11.2. The van der Waals surface area contributed by atoms with Gasteiger partial charge in [0.05, 0.1) is 18.2 Å². The fraction of sp³-hybridized carbons (Fsp3) is 0.267. The number of aromatic nitrogens is 2. The molecule has 24 heavy (non-hydrogen) atoms. The third-order valence-corrected chi connectivity index (χ3v) is 3.31. The number of alkyl halides is 3. The Kier molecular flexibility index (Phi) is 4.63. The number of ether oxygens (including phenoxy) is 1. The average molecular weight is 341 g/mol. The van der Waals surface area contributed by atoms with E-state index in [1.807, 2.05) is 0 Å². The molecule has 2 aromatic rings. The van der Waals surface area contributed by atoms with Gasteiger partial charge in [-0.05, 0) is 24.3 Å². The van der Waals surface area contributed by atoms with Gasteiger partial charge in [0.15, 0.2) is 5.69 Å². The number of anilines is 1. The molecule has 0 N–H and O–H groups in total. The highest BCUT2D eigenvalue weighted by atomic mass is 19.4. The van der Waals surface area contributed by atoms with Crippen LogP contribution in [-0.2, 0) is 18.0 Å². The Morgan fingerprint density at radius 1 is 1.21 bits per heavy atom. The van der Waals surface area contributed by atoms with Gasteiger partial charge in [-0.3, -0.25) is 9.48 Å². The lowest BCUT2D eigenvalue weighted by Crippen LogP contribution is -2.28. The van der Waals surface area contributed by atoms with Gasteiger partial charge >= 0.3 is 12.1 Å². The van der Waals surface area contributed by atoms with E-state index in [0.29, 0.717) is 5.69 Å². The molecule has 1 amide bonds. The van der Waals surface area contributed by atoms with E-state index < -0.39 is 29.3 Å². The number of hydrogen-bond acceptors (Lipinski definition) is 4. The monoisotopic (exact) mass is 341 g/mol. The van der Waals surface area contributed by atoms with Crippen molar-refractivity contribution in [3.05, 3.63) is 47.3 Å². The Bertz CT molecular complexity index is 767. The van der Waals surface area contributed by atoms with E-state index in [0.717, 1.165) is 15.8 Å². The van der Waals surface area contributed by atoms with Crippen molar-refractivity contribution in [2.24, 2.45) is 7.05 Å². The number of rotatable bonds is 3. The van der Waals surface area contributed by atoms with Gasteiger partial charge in [-0.15, -0.1) is 0 Å². The van der Waals surface area contributed by atoms with Crippen LogP contribution in [0.1, 0.15) is 26.4 Å². The molecule has 1 aromatic carbocycles. The zero-order valence-electron chi connectivity index (χ0n) is 13.1. The summed E-state index contributed by atoms with van der Waals surface area (Å²) in [4.78, 5) is 24.8. The molecule has 0 saturated carbocycles. The fourth-order valence-electron chi connectivity index (χ4n) is 2.09. The summed E-state index contributed by atoms with van der Waals surface area (Å²) in [6.45, 7) is 0. The van der Waals surface area contributed by atoms with Gasteiger partial charge in [-0.2, -0.15) is 18.3 Å². The van der Waals surface area contributed by atoms with Crippen LogP contribution in [0.15, 0.2) is 30.5 Å². The Morgan fingerprint density at radius 3 is 2.29 bits per heavy atom. The van der Waals surface area contributed by atoms with Crippen molar-refractivity contribution >= 4 is 17.6 Å². The zero-order valence-corrected chi connectivity index (χ0v) is 13.1. The number of benzene rings is 1. The van der Waals surface area contributed by atoms with E-state index in [1.54, 1.807) is 0 Å². The number of carbonyl (C=O) groups is 2. The minimum absolute atomic E-state index is 0.263. The number of halogens is 3. The molecular formula is C15H14F3N3O3. The second-order valence-electron chi connectivity index (χ2n) is 4.97. The van der Waals surface area contributed by atoms with Gasteiger partial charge in [0.1, 0.15) is 0 Å². The smallest absolute Gasteiger partial charge is 0.435 e. The first kappa shape index (κ1) is 17.5. The van der Waals surface area contributed by atoms with E-state index in [2.05, 4.69) is 9.84 Å². The van der Waals surface area contributed by atoms with Gasteiger partial charge in [0.25, 0.3) is 5.91 Å². The number of amides is 1. The standard InChI is InChI=1S/C15H14F3N3O3/c1-20-8-11(12(19-20)15(16,17)18)13(22)21(2)10-6-4-9(5-7-10)14(23)24-3/h4-8H,1-3H3. The molecule has 0 atom stereocenters. The largest absolute Gasteiger partial charge is 0.465 e. The highest BCUT2D eigenvalue weighted by Crippen LogP contribution is 2.31. The molecule has 0 bridgehead atoms. The lowest BCUT2D eigenvalue weighted by molar-refractivity contribution is -0.141. The number of carbonyl (C=O) groups excluding carboxylic acids is 2. The number of aryl methyl sites for hydroxylation is 1. The van der Waals surface area contributed by atoms with Crippen molar-refractivity contribution in [3.8, 4) is 0 Å². The molecule has 0 aliphatic heterocycles. The van der Waals surface area contributed by atoms with Crippen molar-refractivity contribution in [2.75, 3.05) is 19.1 Å². The van der Waals surface area contributed by atoms with Crippen LogP contribution < -0.4 is 4.90 Å². The summed E-state index contributed by atoms with van der Waals surface area (Å²) in [7, 11) is 3.87. The number of nitrogens with zero attached hydrogens (tertiary/aromatic N) is 3. The van der Waals surface area contributed by atoms with Crippen LogP contribution in [0, 0.1) is 0 Å². The van der Waals surface area contributed by atoms with Crippen LogP contribution in [0.3, 0.4) is 0 Å². The second kappa shape index (κ2) is 6.34. The SMILES string of the molecule is COC(=O)c1ccc(N(C)C(=O)c2cn(C)nc2C(F)(F)F)cc1. The summed E-state index contributed by atoms with van der Waals surface area (Å²) >= 11 is 0. The highest BCUT2D eigenvalue weighted by molar-refractivity contribution is 6.06. The topological polar surface area (TPSA) is 64.4 Å². The van der Waals surface area contributed by atoms with Crippen LogP contribution in [-0.4, -0.2) is 35.8 Å².